The van der Waals surface area contributed by atoms with E-state index in [1.54, 1.807) is 54.3 Å². The summed E-state index contributed by atoms with van der Waals surface area (Å²) in [5.74, 6) is 0.190. The van der Waals surface area contributed by atoms with Crippen LogP contribution in [0.4, 0.5) is 16.0 Å². The molecule has 0 fully saturated rings. The number of nitrogens with zero attached hydrogens (tertiary/aromatic N) is 4. The third kappa shape index (κ3) is 3.96. The number of carbonyl (C=O) groups excluding carboxylic acids is 1. The maximum atomic E-state index is 13.4. The van der Waals surface area contributed by atoms with Gasteiger partial charge in [-0.15, -0.1) is 5.10 Å². The number of allylic oxidation sites excluding steroid dienone is 1. The highest BCUT2D eigenvalue weighted by atomic mass is 35.5. The van der Waals surface area contributed by atoms with Crippen molar-refractivity contribution in [2.75, 3.05) is 10.6 Å². The quantitative estimate of drug-likeness (QED) is 0.444. The number of nitrogens with one attached hydrogen (secondary N) is 2. The Morgan fingerprint density at radius 1 is 1.12 bits per heavy atom. The van der Waals surface area contributed by atoms with E-state index in [1.165, 1.54) is 12.1 Å². The van der Waals surface area contributed by atoms with Crippen LogP contribution in [0, 0.1) is 5.82 Å². The maximum Gasteiger partial charge on any atom is 0.255 e. The second kappa shape index (κ2) is 8.48. The highest BCUT2D eigenvalue weighted by Gasteiger charge is 2.35. The van der Waals surface area contributed by atoms with Crippen LogP contribution in [-0.2, 0) is 4.79 Å². The number of amides is 1. The predicted molar refractivity (Wildman–Crippen MR) is 124 cm³/mol. The lowest BCUT2D eigenvalue weighted by Crippen LogP contribution is -2.31. The van der Waals surface area contributed by atoms with E-state index < -0.39 is 6.04 Å². The summed E-state index contributed by atoms with van der Waals surface area (Å²) >= 11 is 6.56. The molecule has 33 heavy (non-hydrogen) atoms. The zero-order valence-electron chi connectivity index (χ0n) is 17.5. The number of benzene rings is 2. The lowest BCUT2D eigenvalue weighted by atomic mass is 9.95. The van der Waals surface area contributed by atoms with Gasteiger partial charge in [-0.1, -0.05) is 29.8 Å². The SMILES string of the molecule is CC1=C(C(=O)Nc2cccnc2)C(c2ccccc2Cl)n2nc(-c3ccc(F)cc3)nc2N1. The van der Waals surface area contributed by atoms with Gasteiger partial charge in [0.1, 0.15) is 11.9 Å². The summed E-state index contributed by atoms with van der Waals surface area (Å²) < 4.78 is 15.0. The first-order chi connectivity index (χ1) is 16.0. The summed E-state index contributed by atoms with van der Waals surface area (Å²) in [4.78, 5) is 22.0. The fourth-order valence-electron chi connectivity index (χ4n) is 3.79. The number of fused-ring (bicyclic) bond motifs is 1. The minimum Gasteiger partial charge on any atom is -0.328 e. The minimum atomic E-state index is -0.631. The first-order valence-corrected chi connectivity index (χ1v) is 10.5. The monoisotopic (exact) mass is 460 g/mol. The summed E-state index contributed by atoms with van der Waals surface area (Å²) in [5.41, 5.74) is 2.98. The van der Waals surface area contributed by atoms with E-state index in [2.05, 4.69) is 25.7 Å². The largest absolute Gasteiger partial charge is 0.328 e. The van der Waals surface area contributed by atoms with Gasteiger partial charge in [0.25, 0.3) is 5.91 Å². The molecule has 164 valence electrons. The Hall–Kier alpha value is -4.04. The number of pyridine rings is 1. The molecule has 1 amide bonds. The molecule has 2 N–H and O–H groups in total. The number of hydrogen-bond donors (Lipinski definition) is 2. The molecule has 1 atom stereocenters. The number of carbonyl (C=O) groups is 1. The topological polar surface area (TPSA) is 84.7 Å². The Bertz CT molecular complexity index is 1370. The Balaban J connectivity index is 1.62. The number of rotatable bonds is 4. The Labute approximate surface area is 194 Å². The van der Waals surface area contributed by atoms with Crippen LogP contribution in [-0.4, -0.2) is 25.7 Å². The second-order valence-corrected chi connectivity index (χ2v) is 7.90. The molecule has 0 saturated heterocycles. The van der Waals surface area contributed by atoms with Crippen molar-refractivity contribution in [2.45, 2.75) is 13.0 Å². The summed E-state index contributed by atoms with van der Waals surface area (Å²) in [5, 5.41) is 11.2. The molecule has 0 spiro atoms. The van der Waals surface area contributed by atoms with Crippen LogP contribution in [0.5, 0.6) is 0 Å². The number of anilines is 2. The predicted octanol–water partition coefficient (Wildman–Crippen LogP) is 5.06. The Morgan fingerprint density at radius 3 is 2.64 bits per heavy atom. The number of aromatic nitrogens is 4. The van der Waals surface area contributed by atoms with Crippen LogP contribution in [0.2, 0.25) is 5.02 Å². The highest BCUT2D eigenvalue weighted by molar-refractivity contribution is 6.31. The third-order valence-corrected chi connectivity index (χ3v) is 5.66. The molecule has 5 rings (SSSR count). The molecule has 9 heteroatoms. The van der Waals surface area contributed by atoms with Crippen molar-refractivity contribution in [2.24, 2.45) is 0 Å². The second-order valence-electron chi connectivity index (χ2n) is 7.49. The summed E-state index contributed by atoms with van der Waals surface area (Å²) in [6, 6.07) is 16.1. The molecule has 0 aliphatic carbocycles. The average Bonchev–Trinajstić information content (AvgIpc) is 3.23. The molecule has 0 radical (unpaired) electrons. The summed E-state index contributed by atoms with van der Waals surface area (Å²) in [6.45, 7) is 1.80. The van der Waals surface area contributed by atoms with Crippen LogP contribution in [0.1, 0.15) is 18.5 Å². The van der Waals surface area contributed by atoms with Gasteiger partial charge in [0.2, 0.25) is 5.95 Å². The molecule has 0 saturated carbocycles. The zero-order chi connectivity index (χ0) is 22.9. The van der Waals surface area contributed by atoms with Crippen molar-refractivity contribution in [1.82, 2.24) is 19.7 Å². The van der Waals surface area contributed by atoms with Crippen LogP contribution >= 0.6 is 11.6 Å². The first kappa shape index (κ1) is 20.8. The minimum absolute atomic E-state index is 0.317. The van der Waals surface area contributed by atoms with Gasteiger partial charge < -0.3 is 10.6 Å². The van der Waals surface area contributed by atoms with E-state index in [9.17, 15) is 9.18 Å². The molecule has 1 unspecified atom stereocenters. The van der Waals surface area contributed by atoms with Gasteiger partial charge >= 0.3 is 0 Å². The van der Waals surface area contributed by atoms with Gasteiger partial charge in [-0.25, -0.2) is 9.07 Å². The molecular weight excluding hydrogens is 443 g/mol. The van der Waals surface area contributed by atoms with Crippen LogP contribution in [0.25, 0.3) is 11.4 Å². The van der Waals surface area contributed by atoms with Gasteiger partial charge in [-0.2, -0.15) is 4.98 Å². The molecule has 1 aliphatic heterocycles. The molecule has 2 aromatic heterocycles. The molecule has 3 heterocycles. The van der Waals surface area contributed by atoms with Crippen LogP contribution < -0.4 is 10.6 Å². The van der Waals surface area contributed by atoms with E-state index in [1.807, 2.05) is 18.2 Å². The van der Waals surface area contributed by atoms with Crippen LogP contribution in [0.15, 0.2) is 84.3 Å². The lowest BCUT2D eigenvalue weighted by Gasteiger charge is -2.29. The van der Waals surface area contributed by atoms with Crippen molar-refractivity contribution < 1.29 is 9.18 Å². The standard InChI is InChI=1S/C24H18ClFN6O/c1-14-20(23(33)29-17-5-4-12-27-13-17)21(18-6-2-3-7-19(18)25)32-24(28-14)30-22(31-32)15-8-10-16(26)11-9-15/h2-13,21H,1H3,(H,29,33)(H,28,30,31). The number of halogens is 2. The Kier molecular flexibility index (Phi) is 5.35. The van der Waals surface area contributed by atoms with E-state index in [-0.39, 0.29) is 11.7 Å². The van der Waals surface area contributed by atoms with Crippen molar-refractivity contribution in [3.05, 3.63) is 101 Å². The zero-order valence-corrected chi connectivity index (χ0v) is 18.2. The van der Waals surface area contributed by atoms with Crippen molar-refractivity contribution in [3.63, 3.8) is 0 Å². The molecule has 7 nitrogen and oxygen atoms in total. The molecule has 2 aromatic carbocycles. The average molecular weight is 461 g/mol. The molecule has 1 aliphatic rings. The fourth-order valence-corrected chi connectivity index (χ4v) is 4.02. The van der Waals surface area contributed by atoms with Crippen LogP contribution in [0.3, 0.4) is 0 Å². The maximum absolute atomic E-state index is 13.4. The smallest absolute Gasteiger partial charge is 0.255 e. The summed E-state index contributed by atoms with van der Waals surface area (Å²) in [6.07, 6.45) is 3.20. The van der Waals surface area contributed by atoms with Gasteiger partial charge in [0, 0.05) is 28.0 Å². The summed E-state index contributed by atoms with van der Waals surface area (Å²) in [7, 11) is 0. The van der Waals surface area contributed by atoms with Gasteiger partial charge in [0.05, 0.1) is 17.5 Å². The normalized spacial score (nSPS) is 15.1. The van der Waals surface area contributed by atoms with E-state index in [4.69, 9.17) is 11.6 Å². The molecule has 4 aromatic rings. The molecular formula is C24H18ClFN6O. The van der Waals surface area contributed by atoms with Crippen molar-refractivity contribution in [3.8, 4) is 11.4 Å². The van der Waals surface area contributed by atoms with E-state index >= 15 is 0 Å². The van der Waals surface area contributed by atoms with Crippen molar-refractivity contribution >= 4 is 29.1 Å². The highest BCUT2D eigenvalue weighted by Crippen LogP contribution is 2.39. The van der Waals surface area contributed by atoms with Gasteiger partial charge in [0.15, 0.2) is 5.82 Å². The Morgan fingerprint density at radius 2 is 1.91 bits per heavy atom. The van der Waals surface area contributed by atoms with E-state index in [0.29, 0.717) is 44.9 Å². The van der Waals surface area contributed by atoms with E-state index in [0.717, 1.165) is 0 Å². The first-order valence-electron chi connectivity index (χ1n) is 10.2. The van der Waals surface area contributed by atoms with Gasteiger partial charge in [-0.05, 0) is 49.4 Å². The third-order valence-electron chi connectivity index (χ3n) is 5.32. The lowest BCUT2D eigenvalue weighted by molar-refractivity contribution is -0.113. The van der Waals surface area contributed by atoms with Gasteiger partial charge in [-0.3, -0.25) is 9.78 Å². The number of hydrogen-bond acceptors (Lipinski definition) is 5. The fraction of sp³-hybridized carbons (Fsp3) is 0.0833. The van der Waals surface area contributed by atoms with Crippen molar-refractivity contribution in [1.29, 1.82) is 0 Å². The molecule has 0 bridgehead atoms.